The first-order chi connectivity index (χ1) is 29.2. The number of hydrogen-bond donors (Lipinski definition) is 0. The summed E-state index contributed by atoms with van der Waals surface area (Å²) in [5.41, 5.74) is 4.51. The molecular formula is C42H32N10O8. The Kier molecular flexibility index (Phi) is 11.7. The molecule has 0 bridgehead atoms. The van der Waals surface area contributed by atoms with Crippen molar-refractivity contribution in [3.8, 4) is 33.9 Å². The van der Waals surface area contributed by atoms with Gasteiger partial charge >= 0.3 is 23.9 Å². The zero-order chi connectivity index (χ0) is 42.2. The van der Waals surface area contributed by atoms with Crippen LogP contribution in [-0.4, -0.2) is 103 Å². The van der Waals surface area contributed by atoms with E-state index < -0.39 is 23.9 Å². The number of carbonyl (C=O) groups excluding carboxylic acids is 4. The minimum absolute atomic E-state index is 0.112. The van der Waals surface area contributed by atoms with Crippen molar-refractivity contribution in [3.05, 3.63) is 142 Å². The molecule has 7 aromatic rings. The lowest BCUT2D eigenvalue weighted by molar-refractivity contribution is 0.0573. The zero-order valence-electron chi connectivity index (χ0n) is 32.3. The van der Waals surface area contributed by atoms with Gasteiger partial charge in [-0.1, -0.05) is 72.8 Å². The maximum atomic E-state index is 12.6. The van der Waals surface area contributed by atoms with Crippen LogP contribution in [0.15, 0.2) is 97.1 Å². The smallest absolute Gasteiger partial charge is 0.359 e. The van der Waals surface area contributed by atoms with Crippen molar-refractivity contribution in [1.82, 2.24) is 50.4 Å². The molecule has 0 aliphatic heterocycles. The first-order valence-electron chi connectivity index (χ1n) is 17.8. The van der Waals surface area contributed by atoms with E-state index in [1.54, 1.807) is 24.3 Å². The summed E-state index contributed by atoms with van der Waals surface area (Å²) in [5, 5.41) is 34.5. The number of methoxy groups -OCH3 is 4. The molecule has 18 heteroatoms. The van der Waals surface area contributed by atoms with Gasteiger partial charge in [0.15, 0.2) is 22.8 Å². The van der Waals surface area contributed by atoms with E-state index in [1.807, 2.05) is 84.9 Å². The van der Waals surface area contributed by atoms with Crippen LogP contribution in [0.4, 0.5) is 0 Å². The van der Waals surface area contributed by atoms with Crippen LogP contribution in [0.1, 0.15) is 64.5 Å². The summed E-state index contributed by atoms with van der Waals surface area (Å²) < 4.78 is 19.4. The lowest BCUT2D eigenvalue weighted by Crippen LogP contribution is -2.13. The van der Waals surface area contributed by atoms with E-state index in [9.17, 15) is 19.2 Å². The van der Waals surface area contributed by atoms with Crippen LogP contribution < -0.4 is 0 Å². The molecule has 4 heterocycles. The van der Waals surface area contributed by atoms with Crippen molar-refractivity contribution in [3.63, 3.8) is 0 Å². The number of benzene rings is 3. The van der Waals surface area contributed by atoms with Crippen molar-refractivity contribution in [2.24, 2.45) is 0 Å². The summed E-state index contributed by atoms with van der Waals surface area (Å²) in [6.07, 6.45) is 6.39. The van der Waals surface area contributed by atoms with E-state index in [-0.39, 0.29) is 33.9 Å². The van der Waals surface area contributed by atoms with E-state index in [1.165, 1.54) is 50.2 Å². The van der Waals surface area contributed by atoms with Crippen LogP contribution in [-0.2, 0) is 18.9 Å². The first-order valence-corrected chi connectivity index (χ1v) is 17.8. The summed E-state index contributed by atoms with van der Waals surface area (Å²) in [4.78, 5) is 52.7. The molecule has 0 aliphatic rings. The molecule has 0 atom stereocenters. The average molecular weight is 805 g/mol. The first kappa shape index (κ1) is 39.7. The lowest BCUT2D eigenvalue weighted by Gasteiger charge is -2.05. The number of esters is 4. The van der Waals surface area contributed by atoms with Crippen molar-refractivity contribution in [2.75, 3.05) is 28.4 Å². The van der Waals surface area contributed by atoms with Crippen molar-refractivity contribution < 1.29 is 38.1 Å². The number of hydrogen-bond acceptors (Lipinski definition) is 16. The molecule has 0 saturated heterocycles. The number of carbonyl (C=O) groups is 4. The van der Waals surface area contributed by atoms with Gasteiger partial charge in [0.1, 0.15) is 22.8 Å². The largest absolute Gasteiger partial charge is 0.464 e. The Balaban J connectivity index is 1.30. The molecule has 298 valence electrons. The topological polar surface area (TPSA) is 218 Å². The molecule has 0 aliphatic carbocycles. The molecule has 0 spiro atoms. The number of ether oxygens (including phenoxy) is 4. The molecule has 4 aromatic heterocycles. The number of rotatable bonds is 12. The van der Waals surface area contributed by atoms with Gasteiger partial charge in [0.2, 0.25) is 0 Å². The maximum Gasteiger partial charge on any atom is 0.359 e. The third-order valence-electron chi connectivity index (χ3n) is 8.72. The summed E-state index contributed by atoms with van der Waals surface area (Å²) >= 11 is 0. The number of para-hydroxylation sites is 2. The fourth-order valence-electron chi connectivity index (χ4n) is 5.73. The second-order valence-corrected chi connectivity index (χ2v) is 12.4. The van der Waals surface area contributed by atoms with E-state index in [4.69, 9.17) is 39.3 Å². The highest BCUT2D eigenvalue weighted by Gasteiger charge is 2.21. The molecule has 7 rings (SSSR count). The summed E-state index contributed by atoms with van der Waals surface area (Å²) in [6, 6.07) is 28.7. The van der Waals surface area contributed by atoms with Gasteiger partial charge in [0.25, 0.3) is 0 Å². The molecule has 0 amide bonds. The minimum Gasteiger partial charge on any atom is -0.464 e. The quantitative estimate of drug-likeness (QED) is 0.114. The zero-order valence-corrected chi connectivity index (χ0v) is 32.3. The van der Waals surface area contributed by atoms with Crippen LogP contribution >= 0.6 is 0 Å². The molecular weight excluding hydrogens is 773 g/mol. The van der Waals surface area contributed by atoms with Gasteiger partial charge in [-0.2, -0.15) is 9.59 Å². The third-order valence-corrected chi connectivity index (χ3v) is 8.72. The van der Waals surface area contributed by atoms with Gasteiger partial charge in [-0.15, -0.1) is 40.8 Å². The Labute approximate surface area is 340 Å². The minimum atomic E-state index is -0.756. The molecule has 0 unspecified atom stereocenters. The van der Waals surface area contributed by atoms with Gasteiger partial charge < -0.3 is 18.9 Å². The molecule has 0 N–H and O–H groups in total. The Hall–Kier alpha value is -8.54. The molecule has 0 saturated carbocycles. The lowest BCUT2D eigenvalue weighted by atomic mass is 10.0. The highest BCUT2D eigenvalue weighted by Crippen LogP contribution is 2.29. The monoisotopic (exact) mass is 804 g/mol. The third kappa shape index (κ3) is 8.42. The predicted molar refractivity (Wildman–Crippen MR) is 214 cm³/mol. The van der Waals surface area contributed by atoms with Crippen LogP contribution in [0.25, 0.3) is 58.2 Å². The molecule has 0 radical (unpaired) electrons. The van der Waals surface area contributed by atoms with Crippen molar-refractivity contribution in [2.45, 2.75) is 0 Å². The average Bonchev–Trinajstić information content (AvgIpc) is 3.94. The van der Waals surface area contributed by atoms with Crippen LogP contribution in [0, 0.1) is 0 Å². The second-order valence-electron chi connectivity index (χ2n) is 12.4. The van der Waals surface area contributed by atoms with E-state index >= 15 is 0 Å². The molecule has 3 aromatic carbocycles. The Bertz CT molecular complexity index is 2590. The van der Waals surface area contributed by atoms with Crippen molar-refractivity contribution in [1.29, 1.82) is 0 Å². The summed E-state index contributed by atoms with van der Waals surface area (Å²) in [7, 11) is 4.84. The SMILES string of the molecule is COC(=O)c1cc(/C=C/c2nn(-c3ccccc3)nc2-c2ccc(-c3nn(-c4ccccc4)nc3/C=C/c3cc(C(=O)OC)nnc3C(=O)OC)cc2)c(C(=O)OC)nn1. The van der Waals surface area contributed by atoms with Crippen LogP contribution in [0.2, 0.25) is 0 Å². The van der Waals surface area contributed by atoms with Gasteiger partial charge in [0.05, 0.1) is 39.8 Å². The van der Waals surface area contributed by atoms with E-state index in [2.05, 4.69) is 20.4 Å². The van der Waals surface area contributed by atoms with Gasteiger partial charge in [0, 0.05) is 22.3 Å². The second kappa shape index (κ2) is 17.7. The standard InChI is InChI=1S/C42H32N10O8/c1-57-39(53)33-23-27(37(45-43-33)41(55)59-3)19-21-31-35(49-51(47-31)29-11-7-5-8-12-29)25-15-17-26(18-16-25)36-32(48-52(50-36)30-13-9-6-10-14-30)22-20-28-24-34(40(54)58-2)44-46-38(28)42(56)60-4/h5-24H,1-4H3/b21-19+,22-20+. The van der Waals surface area contributed by atoms with Gasteiger partial charge in [-0.3, -0.25) is 0 Å². The molecule has 0 fully saturated rings. The van der Waals surface area contributed by atoms with Gasteiger partial charge in [-0.25, -0.2) is 19.2 Å². The predicted octanol–water partition coefficient (Wildman–Crippen LogP) is 5.25. The highest BCUT2D eigenvalue weighted by molar-refractivity contribution is 5.96. The highest BCUT2D eigenvalue weighted by atomic mass is 16.5. The fraction of sp³-hybridized carbons (Fsp3) is 0.0952. The molecule has 60 heavy (non-hydrogen) atoms. The normalized spacial score (nSPS) is 11.1. The Morgan fingerprint density at radius 1 is 0.450 bits per heavy atom. The fourth-order valence-corrected chi connectivity index (χ4v) is 5.73. The van der Waals surface area contributed by atoms with Crippen molar-refractivity contribution >= 4 is 48.2 Å². The number of nitrogens with zero attached hydrogens (tertiary/aromatic N) is 10. The maximum absolute atomic E-state index is 12.6. The van der Waals surface area contributed by atoms with E-state index in [0.29, 0.717) is 45.3 Å². The Morgan fingerprint density at radius 2 is 0.817 bits per heavy atom. The molecule has 18 nitrogen and oxygen atoms in total. The number of aromatic nitrogens is 10. The van der Waals surface area contributed by atoms with E-state index in [0.717, 1.165) is 0 Å². The Morgan fingerprint density at radius 3 is 1.17 bits per heavy atom. The summed E-state index contributed by atoms with van der Waals surface area (Å²) in [5.74, 6) is -2.99. The van der Waals surface area contributed by atoms with Gasteiger partial charge in [-0.05, 0) is 48.6 Å². The van der Waals surface area contributed by atoms with Crippen LogP contribution in [0.3, 0.4) is 0 Å². The van der Waals surface area contributed by atoms with Crippen LogP contribution in [0.5, 0.6) is 0 Å². The summed E-state index contributed by atoms with van der Waals surface area (Å²) in [6.45, 7) is 0.